The Hall–Kier alpha value is -2.00. The third-order valence-corrected chi connectivity index (χ3v) is 3.67. The molecular formula is C14H17N3O2S. The van der Waals surface area contributed by atoms with Gasteiger partial charge in [-0.25, -0.2) is 0 Å². The second kappa shape index (κ2) is 8.99. The van der Waals surface area contributed by atoms with E-state index in [0.29, 0.717) is 18.5 Å². The molecule has 2 amide bonds. The summed E-state index contributed by atoms with van der Waals surface area (Å²) in [7, 11) is 0. The van der Waals surface area contributed by atoms with Gasteiger partial charge in [-0.3, -0.25) is 9.59 Å². The van der Waals surface area contributed by atoms with E-state index in [1.807, 2.05) is 18.4 Å². The Morgan fingerprint density at radius 3 is 2.60 bits per heavy atom. The number of hydrogen-bond acceptors (Lipinski definition) is 4. The molecule has 0 fully saturated rings. The molecule has 0 radical (unpaired) electrons. The first-order valence-electron chi connectivity index (χ1n) is 6.19. The van der Waals surface area contributed by atoms with Crippen molar-refractivity contribution in [2.45, 2.75) is 11.7 Å². The van der Waals surface area contributed by atoms with Gasteiger partial charge in [-0.1, -0.05) is 18.2 Å². The first-order chi connectivity index (χ1) is 9.69. The average molecular weight is 291 g/mol. The van der Waals surface area contributed by atoms with Gasteiger partial charge >= 0.3 is 0 Å². The zero-order chi connectivity index (χ0) is 14.8. The van der Waals surface area contributed by atoms with Crippen molar-refractivity contribution >= 4 is 23.6 Å². The minimum atomic E-state index is -0.264. The molecule has 0 heterocycles. The number of nitrogens with zero attached hydrogens (tertiary/aromatic N) is 1. The van der Waals surface area contributed by atoms with Crippen LogP contribution in [0.5, 0.6) is 0 Å². The first-order valence-corrected chi connectivity index (χ1v) is 7.48. The number of nitrogens with one attached hydrogen (secondary N) is 2. The summed E-state index contributed by atoms with van der Waals surface area (Å²) in [5, 5.41) is 13.4. The molecule has 5 nitrogen and oxygen atoms in total. The van der Waals surface area contributed by atoms with E-state index in [1.165, 1.54) is 11.8 Å². The summed E-state index contributed by atoms with van der Waals surface area (Å²) in [5.41, 5.74) is 0.599. The SMILES string of the molecule is CSC(CCNC(=O)c1ccccc1)C(=O)NCC#N. The molecule has 0 aliphatic heterocycles. The van der Waals surface area contributed by atoms with Gasteiger partial charge in [0.05, 0.1) is 11.3 Å². The summed E-state index contributed by atoms with van der Waals surface area (Å²) in [6, 6.07) is 10.8. The highest BCUT2D eigenvalue weighted by Gasteiger charge is 2.16. The molecule has 1 aromatic rings. The Bertz CT molecular complexity index is 485. The maximum atomic E-state index is 11.8. The van der Waals surface area contributed by atoms with Gasteiger partial charge in [0.2, 0.25) is 5.91 Å². The summed E-state index contributed by atoms with van der Waals surface area (Å²) in [6.45, 7) is 0.422. The highest BCUT2D eigenvalue weighted by atomic mass is 32.2. The van der Waals surface area contributed by atoms with Crippen LogP contribution in [0.4, 0.5) is 0 Å². The van der Waals surface area contributed by atoms with Gasteiger partial charge < -0.3 is 10.6 Å². The van der Waals surface area contributed by atoms with Crippen LogP contribution in [0, 0.1) is 11.3 Å². The van der Waals surface area contributed by atoms with E-state index in [2.05, 4.69) is 10.6 Å². The van der Waals surface area contributed by atoms with Crippen LogP contribution in [0.1, 0.15) is 16.8 Å². The summed E-state index contributed by atoms with van der Waals surface area (Å²) < 4.78 is 0. The number of carbonyl (C=O) groups is 2. The van der Waals surface area contributed by atoms with Crippen molar-refractivity contribution < 1.29 is 9.59 Å². The van der Waals surface area contributed by atoms with Crippen molar-refractivity contribution in [1.29, 1.82) is 5.26 Å². The van der Waals surface area contributed by atoms with Gasteiger partial charge in [0.15, 0.2) is 0 Å². The number of thioether (sulfide) groups is 1. The Labute approximate surface area is 122 Å². The molecule has 0 bridgehead atoms. The minimum absolute atomic E-state index is 0.00622. The minimum Gasteiger partial charge on any atom is -0.352 e. The van der Waals surface area contributed by atoms with Crippen LogP contribution in [0.15, 0.2) is 30.3 Å². The number of carbonyl (C=O) groups excluding carboxylic acids is 2. The van der Waals surface area contributed by atoms with E-state index in [4.69, 9.17) is 5.26 Å². The molecule has 0 aliphatic carbocycles. The number of benzene rings is 1. The van der Waals surface area contributed by atoms with Crippen molar-refractivity contribution in [2.75, 3.05) is 19.3 Å². The molecule has 2 N–H and O–H groups in total. The van der Waals surface area contributed by atoms with E-state index in [9.17, 15) is 9.59 Å². The molecular weight excluding hydrogens is 274 g/mol. The van der Waals surface area contributed by atoms with Crippen molar-refractivity contribution in [1.82, 2.24) is 10.6 Å². The summed E-state index contributed by atoms with van der Waals surface area (Å²) in [5.74, 6) is -0.323. The number of rotatable bonds is 7. The molecule has 6 heteroatoms. The molecule has 0 saturated carbocycles. The van der Waals surface area contributed by atoms with E-state index in [1.54, 1.807) is 24.3 Å². The average Bonchev–Trinajstić information content (AvgIpc) is 2.49. The Kier molecular flexibility index (Phi) is 7.22. The molecule has 0 aromatic heterocycles. The van der Waals surface area contributed by atoms with E-state index >= 15 is 0 Å². The Morgan fingerprint density at radius 1 is 1.30 bits per heavy atom. The number of amides is 2. The van der Waals surface area contributed by atoms with Crippen LogP contribution in [0.3, 0.4) is 0 Å². The quantitative estimate of drug-likeness (QED) is 0.739. The smallest absolute Gasteiger partial charge is 0.251 e. The maximum absolute atomic E-state index is 11.8. The molecule has 1 aromatic carbocycles. The fourth-order valence-electron chi connectivity index (χ4n) is 1.60. The second-order valence-electron chi connectivity index (χ2n) is 4.01. The van der Waals surface area contributed by atoms with Gasteiger partial charge in [-0.05, 0) is 24.8 Å². The van der Waals surface area contributed by atoms with Crippen molar-refractivity contribution in [2.24, 2.45) is 0 Å². The molecule has 20 heavy (non-hydrogen) atoms. The monoisotopic (exact) mass is 291 g/mol. The third kappa shape index (κ3) is 5.33. The normalized spacial score (nSPS) is 11.2. The molecule has 1 atom stereocenters. The predicted molar refractivity (Wildman–Crippen MR) is 79.3 cm³/mol. The highest BCUT2D eigenvalue weighted by Crippen LogP contribution is 2.10. The van der Waals surface area contributed by atoms with Crippen molar-refractivity contribution in [3.8, 4) is 6.07 Å². The molecule has 0 saturated heterocycles. The Morgan fingerprint density at radius 2 is 2.00 bits per heavy atom. The van der Waals surface area contributed by atoms with Crippen LogP contribution in [0.25, 0.3) is 0 Å². The lowest BCUT2D eigenvalue weighted by Gasteiger charge is -2.13. The van der Waals surface area contributed by atoms with Gasteiger partial charge in [-0.15, -0.1) is 0 Å². The van der Waals surface area contributed by atoms with Crippen LogP contribution < -0.4 is 10.6 Å². The number of nitriles is 1. The van der Waals surface area contributed by atoms with Crippen molar-refractivity contribution in [3.05, 3.63) is 35.9 Å². The summed E-state index contributed by atoms with van der Waals surface area (Å²) >= 11 is 1.40. The fourth-order valence-corrected chi connectivity index (χ4v) is 2.26. The van der Waals surface area contributed by atoms with E-state index in [-0.39, 0.29) is 23.6 Å². The molecule has 0 aliphatic rings. The van der Waals surface area contributed by atoms with Gasteiger partial charge in [0, 0.05) is 12.1 Å². The largest absolute Gasteiger partial charge is 0.352 e. The molecule has 1 unspecified atom stereocenters. The lowest BCUT2D eigenvalue weighted by molar-refractivity contribution is -0.120. The van der Waals surface area contributed by atoms with E-state index < -0.39 is 0 Å². The standard InChI is InChI=1S/C14H17N3O2S/c1-20-12(14(19)17-10-8-15)7-9-16-13(18)11-5-3-2-4-6-11/h2-6,12H,7,9-10H2,1H3,(H,16,18)(H,17,19). The maximum Gasteiger partial charge on any atom is 0.251 e. The topological polar surface area (TPSA) is 82.0 Å². The van der Waals surface area contributed by atoms with Gasteiger partial charge in [0.25, 0.3) is 5.91 Å². The first kappa shape index (κ1) is 16.1. The third-order valence-electron chi connectivity index (χ3n) is 2.65. The summed E-state index contributed by atoms with van der Waals surface area (Å²) in [4.78, 5) is 23.5. The second-order valence-corrected chi connectivity index (χ2v) is 5.05. The molecule has 1 rings (SSSR count). The Balaban J connectivity index is 2.37. The van der Waals surface area contributed by atoms with Crippen LogP contribution >= 0.6 is 11.8 Å². The summed E-state index contributed by atoms with van der Waals surface area (Å²) in [6.07, 6.45) is 2.35. The van der Waals surface area contributed by atoms with E-state index in [0.717, 1.165) is 0 Å². The fraction of sp³-hybridized carbons (Fsp3) is 0.357. The highest BCUT2D eigenvalue weighted by molar-refractivity contribution is 7.99. The number of hydrogen-bond donors (Lipinski definition) is 2. The van der Waals surface area contributed by atoms with Gasteiger partial charge in [0.1, 0.15) is 6.54 Å². The zero-order valence-electron chi connectivity index (χ0n) is 11.3. The van der Waals surface area contributed by atoms with Crippen LogP contribution in [-0.2, 0) is 4.79 Å². The molecule has 106 valence electrons. The zero-order valence-corrected chi connectivity index (χ0v) is 12.1. The van der Waals surface area contributed by atoms with Gasteiger partial charge in [-0.2, -0.15) is 17.0 Å². The lowest BCUT2D eigenvalue weighted by Crippen LogP contribution is -2.35. The lowest BCUT2D eigenvalue weighted by atomic mass is 10.2. The van der Waals surface area contributed by atoms with Crippen LogP contribution in [-0.4, -0.2) is 36.4 Å². The molecule has 0 spiro atoms. The predicted octanol–water partition coefficient (Wildman–Crippen LogP) is 1.18. The van der Waals surface area contributed by atoms with Crippen LogP contribution in [0.2, 0.25) is 0 Å². The van der Waals surface area contributed by atoms with Crippen molar-refractivity contribution in [3.63, 3.8) is 0 Å².